The van der Waals surface area contributed by atoms with E-state index in [4.69, 9.17) is 4.74 Å². The molecule has 3 heteroatoms. The van der Waals surface area contributed by atoms with Crippen LogP contribution in [0.15, 0.2) is 24.3 Å². The van der Waals surface area contributed by atoms with Gasteiger partial charge in [-0.1, -0.05) is 26.0 Å². The Morgan fingerprint density at radius 2 is 1.94 bits per heavy atom. The molecule has 0 spiro atoms. The van der Waals surface area contributed by atoms with Crippen molar-refractivity contribution in [2.24, 2.45) is 5.92 Å². The smallest absolute Gasteiger partial charge is 0.119 e. The molecular weight excluding hydrogens is 204 g/mol. The van der Waals surface area contributed by atoms with Gasteiger partial charge in [-0.15, -0.1) is 0 Å². The van der Waals surface area contributed by atoms with Crippen molar-refractivity contribution in [1.82, 2.24) is 0 Å². The fraction of sp³-hybridized carbons (Fsp3) is 0.538. The average Bonchev–Trinajstić information content (AvgIpc) is 2.28. The molecule has 0 bridgehead atoms. The molecule has 0 amide bonds. The van der Waals surface area contributed by atoms with Crippen molar-refractivity contribution >= 4 is 0 Å². The Balaban J connectivity index is 2.82. The van der Waals surface area contributed by atoms with Gasteiger partial charge in [0.2, 0.25) is 0 Å². The number of rotatable bonds is 5. The van der Waals surface area contributed by atoms with E-state index < -0.39 is 12.2 Å². The number of hydrogen-bond acceptors (Lipinski definition) is 3. The first-order chi connectivity index (χ1) is 7.56. The molecule has 1 aromatic carbocycles. The lowest BCUT2D eigenvalue weighted by Crippen LogP contribution is -2.23. The van der Waals surface area contributed by atoms with Crippen LogP contribution in [-0.4, -0.2) is 22.9 Å². The van der Waals surface area contributed by atoms with Crippen LogP contribution in [0.3, 0.4) is 0 Å². The molecule has 0 saturated carbocycles. The molecule has 0 aliphatic heterocycles. The second-order valence-electron chi connectivity index (χ2n) is 4.18. The zero-order valence-electron chi connectivity index (χ0n) is 10.1. The van der Waals surface area contributed by atoms with Gasteiger partial charge < -0.3 is 14.9 Å². The molecule has 16 heavy (non-hydrogen) atoms. The predicted octanol–water partition coefficient (Wildman–Crippen LogP) is 2.14. The maximum atomic E-state index is 9.95. The van der Waals surface area contributed by atoms with Crippen molar-refractivity contribution in [3.63, 3.8) is 0 Å². The maximum absolute atomic E-state index is 9.95. The zero-order valence-corrected chi connectivity index (χ0v) is 10.1. The third kappa shape index (κ3) is 3.22. The van der Waals surface area contributed by atoms with Crippen LogP contribution in [0.4, 0.5) is 0 Å². The second kappa shape index (κ2) is 5.87. The van der Waals surface area contributed by atoms with E-state index in [0.717, 1.165) is 5.75 Å². The van der Waals surface area contributed by atoms with Crippen LogP contribution in [0.2, 0.25) is 0 Å². The molecule has 0 radical (unpaired) electrons. The summed E-state index contributed by atoms with van der Waals surface area (Å²) in [5, 5.41) is 19.7. The van der Waals surface area contributed by atoms with E-state index in [-0.39, 0.29) is 5.92 Å². The number of benzene rings is 1. The Kier molecular flexibility index (Phi) is 4.77. The SMILES string of the molecule is CCOc1cccc(C(O)C(O)C(C)C)c1. The van der Waals surface area contributed by atoms with E-state index in [0.29, 0.717) is 12.2 Å². The summed E-state index contributed by atoms with van der Waals surface area (Å²) in [6, 6.07) is 7.20. The molecule has 1 aromatic rings. The van der Waals surface area contributed by atoms with E-state index in [1.807, 2.05) is 32.9 Å². The monoisotopic (exact) mass is 224 g/mol. The van der Waals surface area contributed by atoms with Crippen molar-refractivity contribution in [1.29, 1.82) is 0 Å². The molecule has 2 atom stereocenters. The highest BCUT2D eigenvalue weighted by atomic mass is 16.5. The summed E-state index contributed by atoms with van der Waals surface area (Å²) in [6.07, 6.45) is -1.61. The first-order valence-corrected chi connectivity index (χ1v) is 5.65. The lowest BCUT2D eigenvalue weighted by molar-refractivity contribution is -0.00949. The molecule has 2 unspecified atom stereocenters. The first kappa shape index (κ1) is 13.0. The van der Waals surface area contributed by atoms with Gasteiger partial charge in [0.25, 0.3) is 0 Å². The molecule has 0 aliphatic rings. The summed E-state index contributed by atoms with van der Waals surface area (Å²) in [4.78, 5) is 0. The number of aliphatic hydroxyl groups is 2. The molecule has 2 N–H and O–H groups in total. The summed E-state index contributed by atoms with van der Waals surface area (Å²) >= 11 is 0. The van der Waals surface area contributed by atoms with Gasteiger partial charge in [0.05, 0.1) is 12.7 Å². The van der Waals surface area contributed by atoms with Crippen molar-refractivity contribution < 1.29 is 14.9 Å². The van der Waals surface area contributed by atoms with Crippen molar-refractivity contribution in [3.8, 4) is 5.75 Å². The van der Waals surface area contributed by atoms with E-state index in [9.17, 15) is 10.2 Å². The Hall–Kier alpha value is -1.06. The predicted molar refractivity (Wildman–Crippen MR) is 63.4 cm³/mol. The highest BCUT2D eigenvalue weighted by Gasteiger charge is 2.21. The highest BCUT2D eigenvalue weighted by molar-refractivity contribution is 5.30. The number of ether oxygens (including phenoxy) is 1. The molecular formula is C13H20O3. The highest BCUT2D eigenvalue weighted by Crippen LogP contribution is 2.24. The third-order valence-corrected chi connectivity index (χ3v) is 2.52. The summed E-state index contributed by atoms with van der Waals surface area (Å²) in [5.41, 5.74) is 0.687. The van der Waals surface area contributed by atoms with Gasteiger partial charge in [-0.3, -0.25) is 0 Å². The molecule has 0 heterocycles. The summed E-state index contributed by atoms with van der Waals surface area (Å²) < 4.78 is 5.34. The van der Waals surface area contributed by atoms with Gasteiger partial charge in [0.15, 0.2) is 0 Å². The molecule has 90 valence electrons. The van der Waals surface area contributed by atoms with Crippen LogP contribution in [-0.2, 0) is 0 Å². The van der Waals surface area contributed by atoms with Gasteiger partial charge >= 0.3 is 0 Å². The van der Waals surface area contributed by atoms with Crippen molar-refractivity contribution in [2.45, 2.75) is 33.0 Å². The second-order valence-corrected chi connectivity index (χ2v) is 4.18. The molecule has 1 rings (SSSR count). The Bertz CT molecular complexity index is 323. The maximum Gasteiger partial charge on any atom is 0.119 e. The fourth-order valence-electron chi connectivity index (χ4n) is 1.52. The lowest BCUT2D eigenvalue weighted by atomic mass is 9.96. The number of aliphatic hydroxyl groups excluding tert-OH is 2. The van der Waals surface area contributed by atoms with E-state index in [2.05, 4.69) is 0 Å². The summed E-state index contributed by atoms with van der Waals surface area (Å²) in [6.45, 7) is 6.25. The minimum atomic E-state index is -0.861. The zero-order chi connectivity index (χ0) is 12.1. The van der Waals surface area contributed by atoms with Crippen LogP contribution in [0.1, 0.15) is 32.4 Å². The van der Waals surface area contributed by atoms with Crippen molar-refractivity contribution in [2.75, 3.05) is 6.61 Å². The van der Waals surface area contributed by atoms with E-state index in [1.54, 1.807) is 12.1 Å². The molecule has 0 fully saturated rings. The van der Waals surface area contributed by atoms with Crippen LogP contribution in [0.5, 0.6) is 5.75 Å². The minimum Gasteiger partial charge on any atom is -0.494 e. The van der Waals surface area contributed by atoms with Crippen LogP contribution >= 0.6 is 0 Å². The molecule has 0 aromatic heterocycles. The van der Waals surface area contributed by atoms with E-state index >= 15 is 0 Å². The van der Waals surface area contributed by atoms with Gasteiger partial charge in [-0.2, -0.15) is 0 Å². The Morgan fingerprint density at radius 3 is 2.50 bits per heavy atom. The quantitative estimate of drug-likeness (QED) is 0.805. The molecule has 0 aliphatic carbocycles. The Morgan fingerprint density at radius 1 is 1.25 bits per heavy atom. The normalized spacial score (nSPS) is 14.9. The number of hydrogen-bond donors (Lipinski definition) is 2. The van der Waals surface area contributed by atoms with Crippen molar-refractivity contribution in [3.05, 3.63) is 29.8 Å². The molecule has 0 saturated heterocycles. The van der Waals surface area contributed by atoms with Gasteiger partial charge in [-0.05, 0) is 30.5 Å². The average molecular weight is 224 g/mol. The van der Waals surface area contributed by atoms with Gasteiger partial charge in [0.1, 0.15) is 11.9 Å². The minimum absolute atomic E-state index is 0.0192. The van der Waals surface area contributed by atoms with Gasteiger partial charge in [0, 0.05) is 0 Å². The summed E-state index contributed by atoms with van der Waals surface area (Å²) in [7, 11) is 0. The van der Waals surface area contributed by atoms with Crippen LogP contribution in [0.25, 0.3) is 0 Å². The Labute approximate surface area is 96.7 Å². The lowest BCUT2D eigenvalue weighted by Gasteiger charge is -2.21. The van der Waals surface area contributed by atoms with E-state index in [1.165, 1.54) is 0 Å². The molecule has 3 nitrogen and oxygen atoms in total. The first-order valence-electron chi connectivity index (χ1n) is 5.65. The fourth-order valence-corrected chi connectivity index (χ4v) is 1.52. The van der Waals surface area contributed by atoms with Crippen LogP contribution < -0.4 is 4.74 Å². The largest absolute Gasteiger partial charge is 0.494 e. The van der Waals surface area contributed by atoms with Crippen LogP contribution in [0, 0.1) is 5.92 Å². The standard InChI is InChI=1S/C13H20O3/c1-4-16-11-7-5-6-10(8-11)13(15)12(14)9(2)3/h5-9,12-15H,4H2,1-3H3. The summed E-state index contributed by atoms with van der Waals surface area (Å²) in [5.74, 6) is 0.737. The van der Waals surface area contributed by atoms with Gasteiger partial charge in [-0.25, -0.2) is 0 Å². The topological polar surface area (TPSA) is 49.7 Å². The third-order valence-electron chi connectivity index (χ3n) is 2.52.